The number of fused-ring (bicyclic) bond motifs is 5. The van der Waals surface area contributed by atoms with Crippen LogP contribution in [0.5, 0.6) is 0 Å². The maximum Gasteiger partial charge on any atom is 0.226 e. The van der Waals surface area contributed by atoms with Gasteiger partial charge in [0.2, 0.25) is 5.91 Å². The summed E-state index contributed by atoms with van der Waals surface area (Å²) in [6.07, 6.45) is 13.8. The van der Waals surface area contributed by atoms with Crippen LogP contribution in [0.25, 0.3) is 0 Å². The van der Waals surface area contributed by atoms with Crippen LogP contribution in [0.4, 0.5) is 0 Å². The number of rotatable bonds is 6. The summed E-state index contributed by atoms with van der Waals surface area (Å²) in [6, 6.07) is 0. The van der Waals surface area contributed by atoms with Gasteiger partial charge in [-0.1, -0.05) is 53.9 Å². The number of allylic oxidation sites excluding steroid dienone is 1. The van der Waals surface area contributed by atoms with Crippen molar-refractivity contribution in [3.05, 3.63) is 11.8 Å². The molecule has 0 bridgehead atoms. The molecular weight excluding hydrogens is 382 g/mol. The third-order valence-electron chi connectivity index (χ3n) is 10.5. The maximum absolute atomic E-state index is 12.5. The zero-order valence-corrected chi connectivity index (χ0v) is 21.2. The van der Waals surface area contributed by atoms with Gasteiger partial charge < -0.3 is 9.64 Å². The van der Waals surface area contributed by atoms with Crippen molar-refractivity contribution in [3.63, 3.8) is 0 Å². The summed E-state index contributed by atoms with van der Waals surface area (Å²) in [5.41, 5.74) is 1.83. The van der Waals surface area contributed by atoms with E-state index in [4.69, 9.17) is 4.74 Å². The van der Waals surface area contributed by atoms with Crippen molar-refractivity contribution < 1.29 is 9.53 Å². The molecule has 4 aliphatic rings. The molecule has 3 aliphatic carbocycles. The normalized spacial score (nSPS) is 43.4. The number of piperidine rings is 1. The van der Waals surface area contributed by atoms with Gasteiger partial charge in [-0.3, -0.25) is 4.79 Å². The van der Waals surface area contributed by atoms with E-state index in [0.717, 1.165) is 30.1 Å². The highest BCUT2D eigenvalue weighted by molar-refractivity contribution is 5.79. The second kappa shape index (κ2) is 8.50. The van der Waals surface area contributed by atoms with Gasteiger partial charge in [-0.25, -0.2) is 0 Å². The highest BCUT2D eigenvalue weighted by atomic mass is 16.5. The molecular formula is C28H47NO2. The number of nitrogens with zero attached hydrogens (tertiary/aromatic N) is 1. The fourth-order valence-electron chi connectivity index (χ4n) is 8.77. The summed E-state index contributed by atoms with van der Waals surface area (Å²) >= 11 is 0. The van der Waals surface area contributed by atoms with E-state index in [0.29, 0.717) is 23.7 Å². The van der Waals surface area contributed by atoms with Gasteiger partial charge in [0.1, 0.15) is 0 Å². The fourth-order valence-corrected chi connectivity index (χ4v) is 8.77. The first-order chi connectivity index (χ1) is 14.6. The van der Waals surface area contributed by atoms with Crippen LogP contribution in [0.15, 0.2) is 11.8 Å². The smallest absolute Gasteiger partial charge is 0.226 e. The molecule has 0 aromatic rings. The number of hydrogen-bond acceptors (Lipinski definition) is 2. The van der Waals surface area contributed by atoms with Crippen LogP contribution in [-0.4, -0.2) is 31.1 Å². The minimum Gasteiger partial charge on any atom is -0.377 e. The van der Waals surface area contributed by atoms with Gasteiger partial charge in [0.15, 0.2) is 0 Å². The second-order valence-corrected chi connectivity index (χ2v) is 12.4. The molecule has 0 spiro atoms. The van der Waals surface area contributed by atoms with Gasteiger partial charge in [0.25, 0.3) is 0 Å². The molecule has 0 aromatic carbocycles. The van der Waals surface area contributed by atoms with Crippen molar-refractivity contribution in [2.45, 2.75) is 98.5 Å². The third kappa shape index (κ3) is 3.71. The molecule has 1 amide bonds. The van der Waals surface area contributed by atoms with Gasteiger partial charge >= 0.3 is 0 Å². The van der Waals surface area contributed by atoms with Crippen molar-refractivity contribution in [3.8, 4) is 0 Å². The Morgan fingerprint density at radius 1 is 1.10 bits per heavy atom. The molecule has 0 radical (unpaired) electrons. The Kier molecular flexibility index (Phi) is 6.40. The molecule has 3 fully saturated rings. The van der Waals surface area contributed by atoms with Crippen LogP contribution >= 0.6 is 0 Å². The molecule has 0 aromatic heterocycles. The van der Waals surface area contributed by atoms with Gasteiger partial charge in [0, 0.05) is 31.7 Å². The predicted molar refractivity (Wildman–Crippen MR) is 127 cm³/mol. The van der Waals surface area contributed by atoms with E-state index in [9.17, 15) is 4.79 Å². The predicted octanol–water partition coefficient (Wildman–Crippen LogP) is 6.68. The van der Waals surface area contributed by atoms with Crippen LogP contribution in [-0.2, 0) is 9.53 Å². The Morgan fingerprint density at radius 3 is 2.52 bits per heavy atom. The standard InChI is InChI=1S/C28H47NO2/c1-18(2)9-8-10-19(3)20-11-12-21-26-22(13-15-27(20,21)4)28(5)16-14-25(30)29(6)24(28)17-23(26)31-7/h17-23,26H,8-16H2,1-7H3/t19-,20-,21+,22+,23?,26+,27-,28-/m1/s1. The lowest BCUT2D eigenvalue weighted by Gasteiger charge is -2.60. The van der Waals surface area contributed by atoms with E-state index in [-0.39, 0.29) is 17.4 Å². The molecule has 31 heavy (non-hydrogen) atoms. The molecule has 0 N–H and O–H groups in total. The number of methoxy groups -OCH3 is 1. The van der Waals surface area contributed by atoms with Crippen molar-refractivity contribution in [2.24, 2.45) is 46.3 Å². The highest BCUT2D eigenvalue weighted by Gasteiger charge is 2.62. The summed E-state index contributed by atoms with van der Waals surface area (Å²) in [7, 11) is 3.87. The minimum absolute atomic E-state index is 0.130. The number of likely N-dealkylation sites (tertiary alicyclic amines) is 1. The first-order valence-electron chi connectivity index (χ1n) is 13.1. The van der Waals surface area contributed by atoms with Crippen molar-refractivity contribution in [1.82, 2.24) is 4.90 Å². The molecule has 1 unspecified atom stereocenters. The van der Waals surface area contributed by atoms with Gasteiger partial charge in [-0.2, -0.15) is 0 Å². The largest absolute Gasteiger partial charge is 0.377 e. The lowest BCUT2D eigenvalue weighted by Crippen LogP contribution is -2.57. The van der Waals surface area contributed by atoms with Gasteiger partial charge in [-0.05, 0) is 79.1 Å². The minimum atomic E-state index is 0.130. The van der Waals surface area contributed by atoms with E-state index in [1.165, 1.54) is 50.6 Å². The zero-order chi connectivity index (χ0) is 22.6. The fraction of sp³-hybridized carbons (Fsp3) is 0.893. The third-order valence-corrected chi connectivity index (χ3v) is 10.5. The molecule has 1 heterocycles. The lowest BCUT2D eigenvalue weighted by atomic mass is 9.47. The van der Waals surface area contributed by atoms with E-state index >= 15 is 0 Å². The van der Waals surface area contributed by atoms with E-state index in [1.807, 2.05) is 19.1 Å². The average Bonchev–Trinajstić information content (AvgIpc) is 3.08. The summed E-state index contributed by atoms with van der Waals surface area (Å²) in [6.45, 7) is 12.3. The molecule has 8 atom stereocenters. The Labute approximate surface area is 191 Å². The maximum atomic E-state index is 12.5. The van der Waals surface area contributed by atoms with Crippen LogP contribution in [0.3, 0.4) is 0 Å². The number of carbonyl (C=O) groups excluding carboxylic acids is 1. The Balaban J connectivity index is 1.60. The summed E-state index contributed by atoms with van der Waals surface area (Å²) in [5.74, 6) is 4.78. The molecule has 3 nitrogen and oxygen atoms in total. The van der Waals surface area contributed by atoms with Crippen LogP contribution in [0.2, 0.25) is 0 Å². The summed E-state index contributed by atoms with van der Waals surface area (Å²) < 4.78 is 6.16. The van der Waals surface area contributed by atoms with Crippen molar-refractivity contribution >= 4 is 5.91 Å². The lowest BCUT2D eigenvalue weighted by molar-refractivity contribution is -0.141. The average molecular weight is 430 g/mol. The van der Waals surface area contributed by atoms with E-state index < -0.39 is 0 Å². The first kappa shape index (κ1) is 23.3. The zero-order valence-electron chi connectivity index (χ0n) is 21.2. The Morgan fingerprint density at radius 2 is 1.84 bits per heavy atom. The number of hydrogen-bond donors (Lipinski definition) is 0. The van der Waals surface area contributed by atoms with Gasteiger partial charge in [-0.15, -0.1) is 0 Å². The SMILES string of the molecule is COC1C=C2N(C)C(=O)CC[C@]2(C)[C@H]2CC[C@]3(C)[C@@H]([C@H](C)CCCC(C)C)CC[C@H]3[C@H]12. The quantitative estimate of drug-likeness (QED) is 0.471. The first-order valence-corrected chi connectivity index (χ1v) is 13.1. The Bertz CT molecular complexity index is 714. The van der Waals surface area contributed by atoms with Gasteiger partial charge in [0.05, 0.1) is 6.10 Å². The van der Waals surface area contributed by atoms with E-state index in [1.54, 1.807) is 0 Å². The Hall–Kier alpha value is -0.830. The van der Waals surface area contributed by atoms with Crippen LogP contribution < -0.4 is 0 Å². The molecule has 2 saturated carbocycles. The van der Waals surface area contributed by atoms with Crippen molar-refractivity contribution in [1.29, 1.82) is 0 Å². The molecule has 3 heteroatoms. The van der Waals surface area contributed by atoms with E-state index in [2.05, 4.69) is 40.7 Å². The van der Waals surface area contributed by atoms with Crippen molar-refractivity contribution in [2.75, 3.05) is 14.2 Å². The summed E-state index contributed by atoms with van der Waals surface area (Å²) in [4.78, 5) is 14.4. The molecule has 176 valence electrons. The number of amides is 1. The molecule has 1 saturated heterocycles. The second-order valence-electron chi connectivity index (χ2n) is 12.4. The summed E-state index contributed by atoms with van der Waals surface area (Å²) in [5, 5.41) is 0. The monoisotopic (exact) mass is 429 g/mol. The van der Waals surface area contributed by atoms with Crippen LogP contribution in [0, 0.1) is 46.3 Å². The topological polar surface area (TPSA) is 29.5 Å². The highest BCUT2D eigenvalue weighted by Crippen LogP contribution is 2.67. The number of ether oxygens (including phenoxy) is 1. The molecule has 4 rings (SSSR count). The molecule has 1 aliphatic heterocycles. The van der Waals surface area contributed by atoms with Crippen LogP contribution in [0.1, 0.15) is 92.4 Å². The number of carbonyl (C=O) groups is 1.